The molecule has 84 valence electrons. The number of aromatic nitrogens is 2. The van der Waals surface area contributed by atoms with Gasteiger partial charge in [0.05, 0.1) is 17.6 Å². The summed E-state index contributed by atoms with van der Waals surface area (Å²) in [7, 11) is 0. The van der Waals surface area contributed by atoms with Crippen LogP contribution in [-0.2, 0) is 11.3 Å². The van der Waals surface area contributed by atoms with Gasteiger partial charge in [-0.2, -0.15) is 0 Å². The van der Waals surface area contributed by atoms with Crippen LogP contribution in [-0.4, -0.2) is 20.6 Å². The van der Waals surface area contributed by atoms with Gasteiger partial charge in [-0.25, -0.2) is 4.98 Å². The highest BCUT2D eigenvalue weighted by Crippen LogP contribution is 2.18. The number of nitrogens with zero attached hydrogens (tertiary/aromatic N) is 2. The minimum Gasteiger partial charge on any atom is -0.480 e. The molecule has 0 saturated heterocycles. The van der Waals surface area contributed by atoms with Crippen molar-refractivity contribution in [1.82, 2.24) is 9.55 Å². The van der Waals surface area contributed by atoms with Crippen molar-refractivity contribution < 1.29 is 9.90 Å². The van der Waals surface area contributed by atoms with Crippen molar-refractivity contribution in [3.05, 3.63) is 41.1 Å². The molecule has 16 heavy (non-hydrogen) atoms. The number of carboxylic acid groups (broad SMARTS) is 1. The Balaban J connectivity index is 3.43. The van der Waals surface area contributed by atoms with Crippen LogP contribution in [0.3, 0.4) is 0 Å². The number of hydrogen-bond acceptors (Lipinski definition) is 3. The molecule has 1 aromatic heterocycles. The molecule has 1 rings (SSSR count). The first-order valence-corrected chi connectivity index (χ1v) is 5.05. The predicted octanol–water partition coefficient (Wildman–Crippen LogP) is 1.34. The van der Waals surface area contributed by atoms with E-state index in [2.05, 4.69) is 34.1 Å². The summed E-state index contributed by atoms with van der Waals surface area (Å²) >= 11 is 3.08. The van der Waals surface area contributed by atoms with Crippen LogP contribution in [0.1, 0.15) is 11.3 Å². The maximum atomic E-state index is 11.8. The SMILES string of the molecule is C=Cc1ncn(CC(=O)O)c(=O)c1C(=C)Br. The summed E-state index contributed by atoms with van der Waals surface area (Å²) in [5.41, 5.74) is 0.126. The molecule has 0 aliphatic heterocycles. The summed E-state index contributed by atoms with van der Waals surface area (Å²) < 4.78 is 1.34. The van der Waals surface area contributed by atoms with Crippen molar-refractivity contribution >= 4 is 32.5 Å². The Bertz CT molecular complexity index is 519. The Kier molecular flexibility index (Phi) is 3.78. The van der Waals surface area contributed by atoms with E-state index < -0.39 is 18.1 Å². The first-order valence-electron chi connectivity index (χ1n) is 4.25. The van der Waals surface area contributed by atoms with E-state index in [0.29, 0.717) is 10.2 Å². The van der Waals surface area contributed by atoms with Crippen LogP contribution in [0.5, 0.6) is 0 Å². The fraction of sp³-hybridized carbons (Fsp3) is 0.100. The lowest BCUT2D eigenvalue weighted by Gasteiger charge is -2.06. The summed E-state index contributed by atoms with van der Waals surface area (Å²) in [6.07, 6.45) is 2.58. The smallest absolute Gasteiger partial charge is 0.323 e. The Morgan fingerprint density at radius 3 is 2.75 bits per heavy atom. The third kappa shape index (κ3) is 2.46. The lowest BCUT2D eigenvalue weighted by molar-refractivity contribution is -0.137. The van der Waals surface area contributed by atoms with Crippen molar-refractivity contribution in [2.24, 2.45) is 0 Å². The van der Waals surface area contributed by atoms with Crippen molar-refractivity contribution in [3.63, 3.8) is 0 Å². The number of rotatable bonds is 4. The summed E-state index contributed by atoms with van der Waals surface area (Å²) in [4.78, 5) is 26.3. The lowest BCUT2D eigenvalue weighted by atomic mass is 10.2. The monoisotopic (exact) mass is 284 g/mol. The van der Waals surface area contributed by atoms with Gasteiger partial charge in [-0.3, -0.25) is 14.2 Å². The van der Waals surface area contributed by atoms with Crippen LogP contribution in [0.15, 0.2) is 24.3 Å². The van der Waals surface area contributed by atoms with Gasteiger partial charge in [0.2, 0.25) is 0 Å². The van der Waals surface area contributed by atoms with E-state index in [4.69, 9.17) is 5.11 Å². The normalized spacial score (nSPS) is 9.81. The molecule has 0 atom stereocenters. The Morgan fingerprint density at radius 1 is 1.69 bits per heavy atom. The molecule has 0 aliphatic carbocycles. The molecule has 0 fully saturated rings. The number of aliphatic carboxylic acids is 1. The Labute approximate surface area is 99.9 Å². The van der Waals surface area contributed by atoms with E-state index >= 15 is 0 Å². The molecule has 6 heteroatoms. The second kappa shape index (κ2) is 4.89. The van der Waals surface area contributed by atoms with Crippen molar-refractivity contribution in [1.29, 1.82) is 0 Å². The van der Waals surface area contributed by atoms with Gasteiger partial charge in [0.15, 0.2) is 0 Å². The molecule has 0 aromatic carbocycles. The highest BCUT2D eigenvalue weighted by molar-refractivity contribution is 9.15. The molecule has 1 heterocycles. The molecule has 0 spiro atoms. The van der Waals surface area contributed by atoms with Gasteiger partial charge in [0, 0.05) is 4.48 Å². The van der Waals surface area contributed by atoms with E-state index in [1.165, 1.54) is 12.4 Å². The van der Waals surface area contributed by atoms with Gasteiger partial charge in [-0.15, -0.1) is 0 Å². The highest BCUT2D eigenvalue weighted by atomic mass is 79.9. The van der Waals surface area contributed by atoms with Crippen molar-refractivity contribution in [2.45, 2.75) is 6.54 Å². The first-order chi connectivity index (χ1) is 7.47. The zero-order chi connectivity index (χ0) is 12.3. The zero-order valence-electron chi connectivity index (χ0n) is 8.31. The van der Waals surface area contributed by atoms with Gasteiger partial charge in [-0.05, 0) is 6.08 Å². The first kappa shape index (κ1) is 12.4. The van der Waals surface area contributed by atoms with Crippen LogP contribution in [0.25, 0.3) is 10.6 Å². The van der Waals surface area contributed by atoms with E-state index in [1.807, 2.05) is 0 Å². The van der Waals surface area contributed by atoms with Crippen LogP contribution in [0.4, 0.5) is 0 Å². The van der Waals surface area contributed by atoms with Crippen LogP contribution >= 0.6 is 15.9 Å². The van der Waals surface area contributed by atoms with Crippen molar-refractivity contribution in [2.75, 3.05) is 0 Å². The summed E-state index contributed by atoms with van der Waals surface area (Å²) in [6.45, 7) is 6.67. The van der Waals surface area contributed by atoms with Gasteiger partial charge < -0.3 is 5.11 Å². The second-order valence-electron chi connectivity index (χ2n) is 2.94. The molecule has 0 amide bonds. The third-order valence-corrected chi connectivity index (χ3v) is 2.23. The molecule has 0 saturated carbocycles. The fourth-order valence-electron chi connectivity index (χ4n) is 1.17. The Hall–Kier alpha value is -1.69. The van der Waals surface area contributed by atoms with E-state index in [1.54, 1.807) is 0 Å². The fourth-order valence-corrected chi connectivity index (χ4v) is 1.54. The molecular formula is C10H9BrN2O3. The zero-order valence-corrected chi connectivity index (χ0v) is 9.90. The minimum atomic E-state index is -1.11. The van der Waals surface area contributed by atoms with Crippen molar-refractivity contribution in [3.8, 4) is 0 Å². The number of carbonyl (C=O) groups is 1. The molecule has 1 aromatic rings. The van der Waals surface area contributed by atoms with E-state index in [9.17, 15) is 9.59 Å². The summed E-state index contributed by atoms with van der Waals surface area (Å²) in [6, 6.07) is 0. The largest absolute Gasteiger partial charge is 0.480 e. The number of halogens is 1. The van der Waals surface area contributed by atoms with Crippen LogP contribution < -0.4 is 5.56 Å². The minimum absolute atomic E-state index is 0.221. The molecule has 0 radical (unpaired) electrons. The van der Waals surface area contributed by atoms with Gasteiger partial charge in [0.25, 0.3) is 5.56 Å². The number of hydrogen-bond donors (Lipinski definition) is 1. The summed E-state index contributed by atoms with van der Waals surface area (Å²) in [5, 5.41) is 8.61. The highest BCUT2D eigenvalue weighted by Gasteiger charge is 2.12. The third-order valence-electron chi connectivity index (χ3n) is 1.84. The lowest BCUT2D eigenvalue weighted by Crippen LogP contribution is -2.27. The molecule has 5 nitrogen and oxygen atoms in total. The van der Waals surface area contributed by atoms with E-state index in [0.717, 1.165) is 4.57 Å². The molecule has 0 bridgehead atoms. The molecule has 0 unspecified atom stereocenters. The van der Waals surface area contributed by atoms with Gasteiger partial charge in [0.1, 0.15) is 6.54 Å². The molecule has 0 aliphatic rings. The molecule has 1 N–H and O–H groups in total. The quantitative estimate of drug-likeness (QED) is 0.906. The van der Waals surface area contributed by atoms with E-state index in [-0.39, 0.29) is 5.56 Å². The van der Waals surface area contributed by atoms with Gasteiger partial charge in [-0.1, -0.05) is 29.1 Å². The second-order valence-corrected chi connectivity index (χ2v) is 3.90. The van der Waals surface area contributed by atoms with Crippen LogP contribution in [0.2, 0.25) is 0 Å². The molecular weight excluding hydrogens is 276 g/mol. The average molecular weight is 285 g/mol. The summed E-state index contributed by atoms with van der Waals surface area (Å²) in [5.74, 6) is -1.11. The predicted molar refractivity (Wildman–Crippen MR) is 64.2 cm³/mol. The van der Waals surface area contributed by atoms with Gasteiger partial charge >= 0.3 is 5.97 Å². The van der Waals surface area contributed by atoms with Crippen LogP contribution in [0, 0.1) is 0 Å². The maximum Gasteiger partial charge on any atom is 0.323 e. The standard InChI is InChI=1S/C10H9BrN2O3/c1-3-7-9(6(2)11)10(16)13(5-12-7)4-8(14)15/h3,5H,1-2,4H2,(H,14,15). The average Bonchev–Trinajstić information content (AvgIpc) is 2.19. The maximum absolute atomic E-state index is 11.8. The number of carboxylic acids is 1. The Morgan fingerprint density at radius 2 is 2.31 bits per heavy atom. The topological polar surface area (TPSA) is 72.2 Å².